The molecule has 0 amide bonds. The monoisotopic (exact) mass is 331 g/mol. The van der Waals surface area contributed by atoms with Crippen LogP contribution in [0.15, 0.2) is 15.9 Å². The van der Waals surface area contributed by atoms with Gasteiger partial charge in [0.25, 0.3) is 0 Å². The molecule has 2 nitrogen and oxygen atoms in total. The Morgan fingerprint density at radius 2 is 2.22 bits per heavy atom. The van der Waals surface area contributed by atoms with Gasteiger partial charge in [0, 0.05) is 27.9 Å². The van der Waals surface area contributed by atoms with Gasteiger partial charge in [-0.05, 0) is 60.0 Å². The van der Waals surface area contributed by atoms with Crippen molar-refractivity contribution in [1.29, 1.82) is 0 Å². The summed E-state index contributed by atoms with van der Waals surface area (Å²) in [7, 11) is 1.82. The van der Waals surface area contributed by atoms with Crippen LogP contribution in [0.1, 0.15) is 37.5 Å². The number of ether oxygens (including phenoxy) is 1. The van der Waals surface area contributed by atoms with Crippen LogP contribution in [0.3, 0.4) is 0 Å². The van der Waals surface area contributed by atoms with E-state index in [0.717, 1.165) is 29.7 Å². The second-order valence-corrected chi connectivity index (χ2v) is 7.40. The highest BCUT2D eigenvalue weighted by molar-refractivity contribution is 9.10. The smallest absolute Gasteiger partial charge is 0.0832 e. The van der Waals surface area contributed by atoms with Gasteiger partial charge in [-0.3, -0.25) is 0 Å². The average molecular weight is 332 g/mol. The Kier molecular flexibility index (Phi) is 4.86. The minimum absolute atomic E-state index is 0.0977. The molecule has 1 unspecified atom stereocenters. The zero-order valence-corrected chi connectivity index (χ0v) is 13.5. The molecule has 1 saturated carbocycles. The number of thiophene rings is 1. The van der Waals surface area contributed by atoms with E-state index in [0.29, 0.717) is 0 Å². The molecule has 0 saturated heterocycles. The zero-order chi connectivity index (χ0) is 13.2. The van der Waals surface area contributed by atoms with Gasteiger partial charge in [-0.1, -0.05) is 6.92 Å². The molecule has 0 radical (unpaired) electrons. The average Bonchev–Trinajstić information content (AvgIpc) is 2.76. The molecule has 102 valence electrons. The van der Waals surface area contributed by atoms with E-state index in [1.807, 2.05) is 7.11 Å². The van der Waals surface area contributed by atoms with Crippen LogP contribution in [0.25, 0.3) is 0 Å². The summed E-state index contributed by atoms with van der Waals surface area (Å²) in [6, 6.07) is 2.26. The number of hydrogen-bond donors (Lipinski definition) is 1. The summed E-state index contributed by atoms with van der Waals surface area (Å²) in [6.45, 7) is 2.32. The third kappa shape index (κ3) is 3.16. The van der Waals surface area contributed by atoms with Crippen molar-refractivity contribution in [3.63, 3.8) is 0 Å². The van der Waals surface area contributed by atoms with Gasteiger partial charge >= 0.3 is 0 Å². The fourth-order valence-corrected chi connectivity index (χ4v) is 4.35. The lowest BCUT2D eigenvalue weighted by Crippen LogP contribution is -2.52. The van der Waals surface area contributed by atoms with Gasteiger partial charge in [-0.2, -0.15) is 0 Å². The second kappa shape index (κ2) is 6.04. The minimum Gasteiger partial charge on any atom is -0.377 e. The van der Waals surface area contributed by atoms with E-state index in [-0.39, 0.29) is 11.6 Å². The van der Waals surface area contributed by atoms with Crippen molar-refractivity contribution < 1.29 is 4.74 Å². The summed E-state index contributed by atoms with van der Waals surface area (Å²) in [5.41, 5.74) is 6.34. The Morgan fingerprint density at radius 3 is 2.72 bits per heavy atom. The van der Waals surface area contributed by atoms with E-state index in [9.17, 15) is 0 Å². The molecule has 2 N–H and O–H groups in total. The second-order valence-electron chi connectivity index (χ2n) is 5.49. The van der Waals surface area contributed by atoms with Crippen LogP contribution in [0.5, 0.6) is 0 Å². The Bertz CT molecular complexity index is 385. The van der Waals surface area contributed by atoms with Crippen molar-refractivity contribution in [3.8, 4) is 0 Å². The first-order valence-electron chi connectivity index (χ1n) is 6.59. The molecular weight excluding hydrogens is 310 g/mol. The van der Waals surface area contributed by atoms with Crippen molar-refractivity contribution in [3.05, 3.63) is 20.8 Å². The molecule has 0 aliphatic heterocycles. The van der Waals surface area contributed by atoms with Gasteiger partial charge in [0.2, 0.25) is 0 Å². The molecule has 1 aromatic rings. The lowest BCUT2D eigenvalue weighted by molar-refractivity contribution is -0.0657. The lowest BCUT2D eigenvalue weighted by Gasteiger charge is -2.42. The van der Waals surface area contributed by atoms with Crippen LogP contribution in [-0.2, 0) is 11.2 Å². The van der Waals surface area contributed by atoms with Crippen molar-refractivity contribution in [1.82, 2.24) is 0 Å². The quantitative estimate of drug-likeness (QED) is 0.905. The van der Waals surface area contributed by atoms with Crippen LogP contribution >= 0.6 is 27.3 Å². The topological polar surface area (TPSA) is 35.2 Å². The maximum Gasteiger partial charge on any atom is 0.0832 e. The van der Waals surface area contributed by atoms with E-state index in [1.165, 1.54) is 17.7 Å². The van der Waals surface area contributed by atoms with Crippen molar-refractivity contribution >= 4 is 27.3 Å². The maximum atomic E-state index is 6.45. The highest BCUT2D eigenvalue weighted by atomic mass is 79.9. The summed E-state index contributed by atoms with van der Waals surface area (Å²) in [5.74, 6) is 0.816. The first kappa shape index (κ1) is 14.5. The maximum absolute atomic E-state index is 6.45. The molecule has 1 fully saturated rings. The fraction of sp³-hybridized carbons (Fsp3) is 0.714. The van der Waals surface area contributed by atoms with E-state index in [4.69, 9.17) is 10.5 Å². The van der Waals surface area contributed by atoms with Gasteiger partial charge in [-0.15, -0.1) is 11.3 Å². The van der Waals surface area contributed by atoms with Crippen molar-refractivity contribution in [2.45, 2.75) is 50.7 Å². The molecule has 18 heavy (non-hydrogen) atoms. The van der Waals surface area contributed by atoms with Gasteiger partial charge in [-0.25, -0.2) is 0 Å². The fourth-order valence-electron chi connectivity index (χ4n) is 2.84. The third-order valence-electron chi connectivity index (χ3n) is 4.25. The molecule has 1 atom stereocenters. The Balaban J connectivity index is 2.03. The van der Waals surface area contributed by atoms with E-state index in [1.54, 1.807) is 11.3 Å². The molecule has 0 aromatic carbocycles. The molecule has 1 heterocycles. The molecule has 1 aromatic heterocycles. The molecule has 0 bridgehead atoms. The minimum atomic E-state index is -0.108. The summed E-state index contributed by atoms with van der Waals surface area (Å²) < 4.78 is 6.99. The third-order valence-corrected chi connectivity index (χ3v) is 5.97. The highest BCUT2D eigenvalue weighted by Gasteiger charge is 2.39. The summed E-state index contributed by atoms with van der Waals surface area (Å²) >= 11 is 5.26. The molecule has 0 spiro atoms. The van der Waals surface area contributed by atoms with E-state index < -0.39 is 0 Å². The summed E-state index contributed by atoms with van der Waals surface area (Å²) in [4.78, 5) is 1.34. The van der Waals surface area contributed by atoms with Crippen LogP contribution in [0.4, 0.5) is 0 Å². The SMILES string of the molecule is COC1(C(N)Cc2cc(Br)cs2)CCC(C)CC1. The van der Waals surface area contributed by atoms with Crippen molar-refractivity contribution in [2.24, 2.45) is 11.7 Å². The van der Waals surface area contributed by atoms with Gasteiger partial charge < -0.3 is 10.5 Å². The number of hydrogen-bond acceptors (Lipinski definition) is 3. The van der Waals surface area contributed by atoms with Crippen LogP contribution in [0, 0.1) is 5.92 Å². The Morgan fingerprint density at radius 1 is 1.56 bits per heavy atom. The first-order valence-corrected chi connectivity index (χ1v) is 8.26. The van der Waals surface area contributed by atoms with E-state index >= 15 is 0 Å². The molecule has 1 aliphatic carbocycles. The normalized spacial score (nSPS) is 30.3. The van der Waals surface area contributed by atoms with Crippen LogP contribution in [-0.4, -0.2) is 18.8 Å². The van der Waals surface area contributed by atoms with Crippen LogP contribution in [0.2, 0.25) is 0 Å². The van der Waals surface area contributed by atoms with Gasteiger partial charge in [0.05, 0.1) is 5.60 Å². The Labute approximate surface area is 122 Å². The Hall–Kier alpha value is 0.1000. The molecule has 1 aliphatic rings. The van der Waals surface area contributed by atoms with E-state index in [2.05, 4.69) is 34.3 Å². The standard InChI is InChI=1S/C14H22BrNOS/c1-10-3-5-14(17-2,6-4-10)13(16)8-12-7-11(15)9-18-12/h7,9-10,13H,3-6,8,16H2,1-2H3. The number of halogens is 1. The predicted molar refractivity (Wildman–Crippen MR) is 81.1 cm³/mol. The molecule has 4 heteroatoms. The van der Waals surface area contributed by atoms with Crippen LogP contribution < -0.4 is 5.73 Å². The molecule has 2 rings (SSSR count). The van der Waals surface area contributed by atoms with Gasteiger partial charge in [0.1, 0.15) is 0 Å². The predicted octanol–water partition coefficient (Wildman–Crippen LogP) is 3.98. The van der Waals surface area contributed by atoms with Gasteiger partial charge in [0.15, 0.2) is 0 Å². The number of methoxy groups -OCH3 is 1. The van der Waals surface area contributed by atoms with Crippen molar-refractivity contribution in [2.75, 3.05) is 7.11 Å². The summed E-state index contributed by atoms with van der Waals surface area (Å²) in [6.07, 6.45) is 5.57. The highest BCUT2D eigenvalue weighted by Crippen LogP contribution is 2.37. The summed E-state index contributed by atoms with van der Waals surface area (Å²) in [5, 5.41) is 2.12. The largest absolute Gasteiger partial charge is 0.377 e. The molecular formula is C14H22BrNOS. The number of rotatable bonds is 4. The lowest BCUT2D eigenvalue weighted by atomic mass is 9.74. The zero-order valence-electron chi connectivity index (χ0n) is 11.1. The first-order chi connectivity index (χ1) is 8.55. The number of nitrogens with two attached hydrogens (primary N) is 1.